The molecule has 0 spiro atoms. The number of rotatable bonds is 11. The minimum Gasteiger partial charge on any atom is -0.289 e. The highest BCUT2D eigenvalue weighted by atomic mass is 79.9. The zero-order valence-corrected chi connectivity index (χ0v) is 13.1. The maximum atomic E-state index is 11.3. The van der Waals surface area contributed by atoms with Crippen LogP contribution in [0.15, 0.2) is 11.6 Å². The van der Waals surface area contributed by atoms with Crippen molar-refractivity contribution in [3.63, 3.8) is 0 Å². The van der Waals surface area contributed by atoms with Gasteiger partial charge in [0, 0.05) is 17.0 Å². The summed E-state index contributed by atoms with van der Waals surface area (Å²) in [5, 5.41) is 3.40. The second-order valence-corrected chi connectivity index (χ2v) is 5.90. The van der Waals surface area contributed by atoms with Crippen molar-refractivity contribution in [2.24, 2.45) is 0 Å². The van der Waals surface area contributed by atoms with Crippen LogP contribution in [0.4, 0.5) is 0 Å². The summed E-state index contributed by atoms with van der Waals surface area (Å²) in [6.07, 6.45) is 13.5. The van der Waals surface area contributed by atoms with E-state index in [4.69, 9.17) is 0 Å². The van der Waals surface area contributed by atoms with Gasteiger partial charge < -0.3 is 0 Å². The number of hydrogen-bond acceptors (Lipinski definition) is 2. The molecule has 1 aliphatic heterocycles. The molecule has 4 heteroatoms. The smallest absolute Gasteiger partial charge is 0.254 e. The van der Waals surface area contributed by atoms with Crippen LogP contribution in [0, 0.1) is 0 Å². The molecule has 0 aliphatic carbocycles. The third kappa shape index (κ3) is 7.51. The lowest BCUT2D eigenvalue weighted by Gasteiger charge is -2.02. The van der Waals surface area contributed by atoms with Crippen LogP contribution in [0.1, 0.15) is 64.2 Å². The van der Waals surface area contributed by atoms with E-state index in [0.717, 1.165) is 24.6 Å². The standard InChI is InChI=1S/C15H24BrNO2/c16-11-9-7-5-3-1-2-4-6-8-10-13-12-14(18)17-15(13)19/h12H,1-11H2,(H,17,18,19). The Morgan fingerprint density at radius 1 is 0.842 bits per heavy atom. The molecule has 0 saturated heterocycles. The maximum absolute atomic E-state index is 11.3. The fourth-order valence-corrected chi connectivity index (χ4v) is 2.68. The van der Waals surface area contributed by atoms with Crippen molar-refractivity contribution in [1.29, 1.82) is 0 Å². The fraction of sp³-hybridized carbons (Fsp3) is 0.733. The van der Waals surface area contributed by atoms with Gasteiger partial charge in [-0.2, -0.15) is 0 Å². The summed E-state index contributed by atoms with van der Waals surface area (Å²) in [6, 6.07) is 0. The number of amides is 2. The predicted octanol–water partition coefficient (Wildman–Crippen LogP) is 3.87. The van der Waals surface area contributed by atoms with E-state index in [0.29, 0.717) is 5.57 Å². The molecule has 0 aromatic rings. The summed E-state index contributed by atoms with van der Waals surface area (Å²) < 4.78 is 0. The minimum atomic E-state index is -0.261. The van der Waals surface area contributed by atoms with Gasteiger partial charge in [-0.15, -0.1) is 0 Å². The van der Waals surface area contributed by atoms with E-state index in [1.54, 1.807) is 0 Å². The molecule has 1 rings (SSSR count). The normalized spacial score (nSPS) is 14.7. The Balaban J connectivity index is 1.88. The predicted molar refractivity (Wildman–Crippen MR) is 81.2 cm³/mol. The Bertz CT molecular complexity index is 326. The molecule has 0 radical (unpaired) electrons. The summed E-state index contributed by atoms with van der Waals surface area (Å²) >= 11 is 3.44. The SMILES string of the molecule is O=C1C=C(CCCCCCCCCCCBr)C(=O)N1. The lowest BCUT2D eigenvalue weighted by atomic mass is 10.0. The fourth-order valence-electron chi connectivity index (χ4n) is 2.29. The molecule has 0 bridgehead atoms. The molecule has 0 atom stereocenters. The van der Waals surface area contributed by atoms with Gasteiger partial charge in [0.05, 0.1) is 0 Å². The third-order valence-corrected chi connectivity index (χ3v) is 3.97. The van der Waals surface area contributed by atoms with E-state index in [1.807, 2.05) is 0 Å². The van der Waals surface area contributed by atoms with Crippen LogP contribution in [0.3, 0.4) is 0 Å². The Morgan fingerprint density at radius 2 is 1.37 bits per heavy atom. The van der Waals surface area contributed by atoms with Crippen LogP contribution in [0.5, 0.6) is 0 Å². The van der Waals surface area contributed by atoms with Gasteiger partial charge in [-0.1, -0.05) is 60.9 Å². The van der Waals surface area contributed by atoms with Gasteiger partial charge in [0.2, 0.25) is 0 Å². The zero-order valence-electron chi connectivity index (χ0n) is 11.5. The number of alkyl halides is 1. The van der Waals surface area contributed by atoms with Gasteiger partial charge in [0.1, 0.15) is 0 Å². The van der Waals surface area contributed by atoms with E-state index in [9.17, 15) is 9.59 Å². The van der Waals surface area contributed by atoms with E-state index in [1.165, 1.54) is 51.0 Å². The molecule has 108 valence electrons. The van der Waals surface area contributed by atoms with Crippen LogP contribution in [-0.2, 0) is 9.59 Å². The number of halogens is 1. The molecule has 1 N–H and O–H groups in total. The largest absolute Gasteiger partial charge is 0.289 e. The molecule has 3 nitrogen and oxygen atoms in total. The molecule has 0 aromatic carbocycles. The second-order valence-electron chi connectivity index (χ2n) is 5.11. The van der Waals surface area contributed by atoms with Crippen molar-refractivity contribution in [3.8, 4) is 0 Å². The highest BCUT2D eigenvalue weighted by Gasteiger charge is 2.19. The summed E-state index contributed by atoms with van der Waals surface area (Å²) in [5.41, 5.74) is 0.653. The topological polar surface area (TPSA) is 46.2 Å². The molecule has 0 fully saturated rings. The van der Waals surface area contributed by atoms with Crippen LogP contribution >= 0.6 is 15.9 Å². The molecule has 1 heterocycles. The highest BCUT2D eigenvalue weighted by Crippen LogP contribution is 2.15. The molecule has 1 aliphatic rings. The van der Waals surface area contributed by atoms with E-state index in [2.05, 4.69) is 21.2 Å². The van der Waals surface area contributed by atoms with Gasteiger partial charge in [-0.25, -0.2) is 0 Å². The number of hydrogen-bond donors (Lipinski definition) is 1. The first-order valence-electron chi connectivity index (χ1n) is 7.36. The summed E-state index contributed by atoms with van der Waals surface area (Å²) in [4.78, 5) is 22.2. The number of carbonyl (C=O) groups is 2. The number of imide groups is 1. The molecule has 2 amide bonds. The lowest BCUT2D eigenvalue weighted by Crippen LogP contribution is -2.22. The van der Waals surface area contributed by atoms with Crippen LogP contribution in [-0.4, -0.2) is 17.1 Å². The summed E-state index contributed by atoms with van der Waals surface area (Å²) in [5.74, 6) is -0.458. The number of unbranched alkanes of at least 4 members (excludes halogenated alkanes) is 8. The van der Waals surface area contributed by atoms with E-state index in [-0.39, 0.29) is 11.8 Å². The van der Waals surface area contributed by atoms with Crippen molar-refractivity contribution >= 4 is 27.7 Å². The Morgan fingerprint density at radius 3 is 1.84 bits per heavy atom. The van der Waals surface area contributed by atoms with E-state index < -0.39 is 0 Å². The zero-order chi connectivity index (χ0) is 13.9. The number of carbonyl (C=O) groups excluding carboxylic acids is 2. The molecule has 0 saturated carbocycles. The van der Waals surface area contributed by atoms with Gasteiger partial charge in [-0.05, 0) is 19.3 Å². The van der Waals surface area contributed by atoms with Gasteiger partial charge in [-0.3, -0.25) is 14.9 Å². The van der Waals surface area contributed by atoms with Crippen LogP contribution in [0.2, 0.25) is 0 Å². The molecule has 0 aromatic heterocycles. The maximum Gasteiger partial charge on any atom is 0.254 e. The average Bonchev–Trinajstić information content (AvgIpc) is 2.70. The van der Waals surface area contributed by atoms with Gasteiger partial charge in [0.15, 0.2) is 0 Å². The molecule has 19 heavy (non-hydrogen) atoms. The van der Waals surface area contributed by atoms with Gasteiger partial charge >= 0.3 is 0 Å². The van der Waals surface area contributed by atoms with Crippen molar-refractivity contribution in [3.05, 3.63) is 11.6 Å². The monoisotopic (exact) mass is 329 g/mol. The average molecular weight is 330 g/mol. The van der Waals surface area contributed by atoms with Crippen molar-refractivity contribution in [2.75, 3.05) is 5.33 Å². The van der Waals surface area contributed by atoms with Crippen molar-refractivity contribution < 1.29 is 9.59 Å². The van der Waals surface area contributed by atoms with E-state index >= 15 is 0 Å². The first kappa shape index (κ1) is 16.4. The van der Waals surface area contributed by atoms with Crippen LogP contribution in [0.25, 0.3) is 0 Å². The highest BCUT2D eigenvalue weighted by molar-refractivity contribution is 9.09. The minimum absolute atomic E-state index is 0.197. The van der Waals surface area contributed by atoms with Gasteiger partial charge in [0.25, 0.3) is 11.8 Å². The third-order valence-electron chi connectivity index (χ3n) is 3.41. The first-order valence-corrected chi connectivity index (χ1v) is 8.48. The lowest BCUT2D eigenvalue weighted by molar-refractivity contribution is -0.123. The molecule has 0 unspecified atom stereocenters. The first-order chi connectivity index (χ1) is 9.24. The summed E-state index contributed by atoms with van der Waals surface area (Å²) in [6.45, 7) is 0. The quantitative estimate of drug-likeness (QED) is 0.355. The molecular weight excluding hydrogens is 306 g/mol. The molecular formula is C15H24BrNO2. The summed E-state index contributed by atoms with van der Waals surface area (Å²) in [7, 11) is 0. The van der Waals surface area contributed by atoms with Crippen molar-refractivity contribution in [1.82, 2.24) is 5.32 Å². The van der Waals surface area contributed by atoms with Crippen LogP contribution < -0.4 is 5.32 Å². The number of nitrogens with one attached hydrogen (secondary N) is 1. The second kappa shape index (κ2) is 10.2. The Hall–Kier alpha value is -0.640. The Labute approximate surface area is 124 Å². The Kier molecular flexibility index (Phi) is 8.80. The van der Waals surface area contributed by atoms with Crippen molar-refractivity contribution in [2.45, 2.75) is 64.2 Å².